The van der Waals surface area contributed by atoms with Crippen LogP contribution in [0.4, 0.5) is 5.95 Å². The van der Waals surface area contributed by atoms with E-state index in [9.17, 15) is 4.79 Å². The number of methoxy groups -OCH3 is 1. The maximum atomic E-state index is 11.8. The van der Waals surface area contributed by atoms with Crippen molar-refractivity contribution in [3.63, 3.8) is 0 Å². The lowest BCUT2D eigenvalue weighted by Gasteiger charge is -2.28. The number of benzene rings is 1. The van der Waals surface area contributed by atoms with Crippen molar-refractivity contribution in [2.45, 2.75) is 25.3 Å². The molecule has 3 rings (SSSR count). The van der Waals surface area contributed by atoms with Crippen molar-refractivity contribution in [1.82, 2.24) is 9.55 Å². The number of ether oxygens (including phenoxy) is 1. The van der Waals surface area contributed by atoms with Gasteiger partial charge in [0, 0.05) is 6.04 Å². The third kappa shape index (κ3) is 1.47. The molecule has 1 saturated carbocycles. The van der Waals surface area contributed by atoms with E-state index in [4.69, 9.17) is 10.5 Å². The van der Waals surface area contributed by atoms with Crippen LogP contribution in [-0.4, -0.2) is 22.6 Å². The lowest BCUT2D eigenvalue weighted by atomic mass is 9.92. The van der Waals surface area contributed by atoms with Crippen LogP contribution in [0.15, 0.2) is 18.2 Å². The van der Waals surface area contributed by atoms with Crippen LogP contribution in [0.5, 0.6) is 0 Å². The molecule has 1 aliphatic carbocycles. The average molecular weight is 245 g/mol. The number of hydrogen-bond donors (Lipinski definition) is 1. The number of esters is 1. The van der Waals surface area contributed by atoms with Crippen LogP contribution in [-0.2, 0) is 4.74 Å². The largest absolute Gasteiger partial charge is 0.465 e. The van der Waals surface area contributed by atoms with Gasteiger partial charge in [0.25, 0.3) is 0 Å². The van der Waals surface area contributed by atoms with Gasteiger partial charge in [0.05, 0.1) is 23.7 Å². The van der Waals surface area contributed by atoms with Crippen LogP contribution in [0.3, 0.4) is 0 Å². The number of imidazole rings is 1. The lowest BCUT2D eigenvalue weighted by Crippen LogP contribution is -2.19. The summed E-state index contributed by atoms with van der Waals surface area (Å²) in [5.74, 6) is 0.132. The Bertz CT molecular complexity index is 614. The summed E-state index contributed by atoms with van der Waals surface area (Å²) in [6.45, 7) is 0. The second kappa shape index (κ2) is 4.01. The fourth-order valence-electron chi connectivity index (χ4n) is 2.46. The molecular formula is C13H15N3O2. The number of aromatic nitrogens is 2. The van der Waals surface area contributed by atoms with Gasteiger partial charge in [-0.25, -0.2) is 9.78 Å². The van der Waals surface area contributed by atoms with Crippen molar-refractivity contribution in [1.29, 1.82) is 0 Å². The quantitative estimate of drug-likeness (QED) is 0.823. The van der Waals surface area contributed by atoms with Gasteiger partial charge >= 0.3 is 5.97 Å². The minimum Gasteiger partial charge on any atom is -0.465 e. The number of carbonyl (C=O) groups excluding carboxylic acids is 1. The molecule has 0 amide bonds. The Hall–Kier alpha value is -2.04. The Balaban J connectivity index is 2.26. The predicted molar refractivity (Wildman–Crippen MR) is 68.4 cm³/mol. The molecule has 5 nitrogen and oxygen atoms in total. The Morgan fingerprint density at radius 2 is 2.28 bits per heavy atom. The van der Waals surface area contributed by atoms with Crippen molar-refractivity contribution in [2.75, 3.05) is 12.8 Å². The smallest absolute Gasteiger partial charge is 0.340 e. The summed E-state index contributed by atoms with van der Waals surface area (Å²) in [4.78, 5) is 16.1. The fraction of sp³-hybridized carbons (Fsp3) is 0.385. The van der Waals surface area contributed by atoms with E-state index in [1.165, 1.54) is 13.5 Å². The zero-order valence-corrected chi connectivity index (χ0v) is 10.2. The fourth-order valence-corrected chi connectivity index (χ4v) is 2.46. The van der Waals surface area contributed by atoms with Gasteiger partial charge in [-0.2, -0.15) is 0 Å². The summed E-state index contributed by atoms with van der Waals surface area (Å²) in [7, 11) is 1.38. The van der Waals surface area contributed by atoms with Gasteiger partial charge in [0.1, 0.15) is 0 Å². The van der Waals surface area contributed by atoms with Crippen molar-refractivity contribution < 1.29 is 9.53 Å². The van der Waals surface area contributed by atoms with Crippen LogP contribution in [0.2, 0.25) is 0 Å². The molecular weight excluding hydrogens is 230 g/mol. The van der Waals surface area contributed by atoms with Gasteiger partial charge in [-0.05, 0) is 31.4 Å². The van der Waals surface area contributed by atoms with E-state index in [0.29, 0.717) is 17.6 Å². The first-order chi connectivity index (χ1) is 8.72. The van der Waals surface area contributed by atoms with E-state index >= 15 is 0 Å². The maximum absolute atomic E-state index is 11.8. The molecule has 5 heteroatoms. The van der Waals surface area contributed by atoms with Crippen molar-refractivity contribution >= 4 is 23.0 Å². The second-order valence-electron chi connectivity index (χ2n) is 4.59. The summed E-state index contributed by atoms with van der Waals surface area (Å²) in [5.41, 5.74) is 8.06. The Morgan fingerprint density at radius 1 is 1.50 bits per heavy atom. The van der Waals surface area contributed by atoms with Gasteiger partial charge in [-0.1, -0.05) is 6.07 Å². The number of nitrogens with two attached hydrogens (primary N) is 1. The summed E-state index contributed by atoms with van der Waals surface area (Å²) < 4.78 is 6.80. The standard InChI is InChI=1S/C13H15N3O2/c1-18-12(17)9-6-3-7-10-11(9)16(13(14)15-10)8-4-2-5-8/h3,6-8H,2,4-5H2,1H3,(H2,14,15). The highest BCUT2D eigenvalue weighted by atomic mass is 16.5. The van der Waals surface area contributed by atoms with Crippen LogP contribution in [0.25, 0.3) is 11.0 Å². The maximum Gasteiger partial charge on any atom is 0.340 e. The number of anilines is 1. The van der Waals surface area contributed by atoms with Gasteiger partial charge in [0.15, 0.2) is 0 Å². The molecule has 0 unspecified atom stereocenters. The van der Waals surface area contributed by atoms with E-state index in [1.54, 1.807) is 12.1 Å². The molecule has 0 bridgehead atoms. The van der Waals surface area contributed by atoms with E-state index in [-0.39, 0.29) is 5.97 Å². The van der Waals surface area contributed by atoms with Crippen molar-refractivity contribution in [3.05, 3.63) is 23.8 Å². The number of nitrogen functional groups attached to an aromatic ring is 1. The molecule has 0 radical (unpaired) electrons. The third-order valence-electron chi connectivity index (χ3n) is 3.58. The van der Waals surface area contributed by atoms with E-state index in [1.807, 2.05) is 10.6 Å². The number of carbonyl (C=O) groups is 1. The molecule has 1 heterocycles. The Morgan fingerprint density at radius 3 is 2.89 bits per heavy atom. The molecule has 1 aliphatic rings. The molecule has 0 saturated heterocycles. The molecule has 18 heavy (non-hydrogen) atoms. The average Bonchev–Trinajstić information content (AvgIpc) is 2.63. The molecule has 94 valence electrons. The zero-order valence-electron chi connectivity index (χ0n) is 10.2. The van der Waals surface area contributed by atoms with Crippen LogP contribution in [0.1, 0.15) is 35.7 Å². The lowest BCUT2D eigenvalue weighted by molar-refractivity contribution is 0.0602. The van der Waals surface area contributed by atoms with E-state index < -0.39 is 0 Å². The Labute approximate surface area is 105 Å². The molecule has 1 aromatic heterocycles. The zero-order chi connectivity index (χ0) is 12.7. The topological polar surface area (TPSA) is 70.1 Å². The molecule has 2 aromatic rings. The van der Waals surface area contributed by atoms with Crippen molar-refractivity contribution in [2.24, 2.45) is 0 Å². The minimum absolute atomic E-state index is 0.346. The molecule has 0 aliphatic heterocycles. The number of hydrogen-bond acceptors (Lipinski definition) is 4. The molecule has 1 aromatic carbocycles. The second-order valence-corrected chi connectivity index (χ2v) is 4.59. The van der Waals surface area contributed by atoms with Crippen LogP contribution >= 0.6 is 0 Å². The summed E-state index contributed by atoms with van der Waals surface area (Å²) in [6.07, 6.45) is 3.38. The predicted octanol–water partition coefficient (Wildman–Crippen LogP) is 2.13. The van der Waals surface area contributed by atoms with E-state index in [2.05, 4.69) is 4.98 Å². The van der Waals surface area contributed by atoms with Gasteiger partial charge in [0.2, 0.25) is 5.95 Å². The number of nitrogens with zero attached hydrogens (tertiary/aromatic N) is 2. The normalized spacial score (nSPS) is 15.6. The first kappa shape index (κ1) is 11.1. The van der Waals surface area contributed by atoms with Gasteiger partial charge in [-0.3, -0.25) is 0 Å². The van der Waals surface area contributed by atoms with Crippen LogP contribution in [0, 0.1) is 0 Å². The minimum atomic E-state index is -0.346. The summed E-state index contributed by atoms with van der Waals surface area (Å²) in [6, 6.07) is 5.78. The number of para-hydroxylation sites is 1. The highest BCUT2D eigenvalue weighted by Gasteiger charge is 2.26. The highest BCUT2D eigenvalue weighted by Crippen LogP contribution is 2.37. The number of fused-ring (bicyclic) bond motifs is 1. The molecule has 0 spiro atoms. The van der Waals surface area contributed by atoms with Crippen LogP contribution < -0.4 is 5.73 Å². The summed E-state index contributed by atoms with van der Waals surface area (Å²) >= 11 is 0. The molecule has 0 atom stereocenters. The Kier molecular flexibility index (Phi) is 2.47. The SMILES string of the molecule is COC(=O)c1cccc2nc(N)n(C3CCC3)c12. The first-order valence-corrected chi connectivity index (χ1v) is 6.07. The van der Waals surface area contributed by atoms with Gasteiger partial charge in [-0.15, -0.1) is 0 Å². The highest BCUT2D eigenvalue weighted by molar-refractivity contribution is 6.02. The number of rotatable bonds is 2. The molecule has 1 fully saturated rings. The van der Waals surface area contributed by atoms with Gasteiger partial charge < -0.3 is 15.0 Å². The molecule has 2 N–H and O–H groups in total. The first-order valence-electron chi connectivity index (χ1n) is 6.07. The van der Waals surface area contributed by atoms with E-state index in [0.717, 1.165) is 23.9 Å². The summed E-state index contributed by atoms with van der Waals surface area (Å²) in [5, 5.41) is 0. The van der Waals surface area contributed by atoms with Crippen molar-refractivity contribution in [3.8, 4) is 0 Å². The third-order valence-corrected chi connectivity index (χ3v) is 3.58. The monoisotopic (exact) mass is 245 g/mol.